The van der Waals surface area contributed by atoms with Gasteiger partial charge in [-0.1, -0.05) is 0 Å². The molecule has 7 nitrogen and oxygen atoms in total. The van der Waals surface area contributed by atoms with Crippen molar-refractivity contribution in [2.24, 2.45) is 0 Å². The van der Waals surface area contributed by atoms with Gasteiger partial charge in [-0.25, -0.2) is 4.39 Å². The molecule has 0 heterocycles. The molecule has 0 unspecified atom stereocenters. The van der Waals surface area contributed by atoms with Crippen LogP contribution in [0.15, 0.2) is 18.2 Å². The van der Waals surface area contributed by atoms with Crippen molar-refractivity contribution in [1.29, 1.82) is 5.26 Å². The summed E-state index contributed by atoms with van der Waals surface area (Å²) >= 11 is 0. The van der Waals surface area contributed by atoms with Crippen LogP contribution in [-0.2, 0) is 26.1 Å². The van der Waals surface area contributed by atoms with E-state index in [1.807, 2.05) is 0 Å². The number of carbonyl (C=O) groups excluding carboxylic acids is 1. The van der Waals surface area contributed by atoms with Crippen molar-refractivity contribution in [3.05, 3.63) is 40.7 Å². The lowest BCUT2D eigenvalue weighted by molar-refractivity contribution is -0.142. The first-order chi connectivity index (χ1) is 14.9. The van der Waals surface area contributed by atoms with Crippen LogP contribution in [0.2, 0.25) is 0 Å². The minimum absolute atomic E-state index is 0.00595. The number of nitriles is 1. The Labute approximate surface area is 188 Å². The number of hydrogen-bond donors (Lipinski definition) is 1. The van der Waals surface area contributed by atoms with Crippen molar-refractivity contribution in [3.8, 4) is 11.8 Å². The third kappa shape index (κ3) is 7.57. The standard InChI is InChI=1S/C17H13F4NO5S.C4H10O/c1-3-26-14(23)7-12-9(2)15(18)13-6-10(8-22)4-5-11(13)16(12)27-28(24,25)17(19,20)21;1-4(2,3)5/h4-6H,3,7H2,1-2H3;5H,1-3H3. The lowest BCUT2D eigenvalue weighted by atomic mass is 9.96. The van der Waals surface area contributed by atoms with Gasteiger partial charge < -0.3 is 14.0 Å². The molecule has 12 heteroatoms. The number of benzene rings is 2. The number of carbonyl (C=O) groups is 1. The smallest absolute Gasteiger partial charge is 0.466 e. The molecule has 2 rings (SSSR count). The Balaban J connectivity index is 0.000000981. The summed E-state index contributed by atoms with van der Waals surface area (Å²) in [5.74, 6) is -2.68. The van der Waals surface area contributed by atoms with Crippen LogP contribution in [0.1, 0.15) is 44.4 Å². The molecule has 0 atom stereocenters. The van der Waals surface area contributed by atoms with Crippen molar-refractivity contribution < 1.29 is 44.8 Å². The van der Waals surface area contributed by atoms with Crippen LogP contribution in [0.3, 0.4) is 0 Å². The molecular formula is C21H23F4NO6S. The zero-order chi connectivity index (χ0) is 25.8. The van der Waals surface area contributed by atoms with Gasteiger partial charge in [0, 0.05) is 16.3 Å². The molecule has 0 spiro atoms. The Hall–Kier alpha value is -2.91. The van der Waals surface area contributed by atoms with Gasteiger partial charge in [-0.2, -0.15) is 26.9 Å². The van der Waals surface area contributed by atoms with Crippen LogP contribution in [0.5, 0.6) is 5.75 Å². The fourth-order valence-corrected chi connectivity index (χ4v) is 2.99. The normalized spacial score (nSPS) is 11.9. The highest BCUT2D eigenvalue weighted by atomic mass is 32.2. The summed E-state index contributed by atoms with van der Waals surface area (Å²) in [4.78, 5) is 11.8. The van der Waals surface area contributed by atoms with Crippen molar-refractivity contribution in [2.45, 2.75) is 52.1 Å². The number of alkyl halides is 3. The largest absolute Gasteiger partial charge is 0.534 e. The molecule has 33 heavy (non-hydrogen) atoms. The second-order valence-corrected chi connectivity index (χ2v) is 9.29. The molecule has 0 radical (unpaired) electrons. The molecule has 1 N–H and O–H groups in total. The maximum atomic E-state index is 14.8. The number of fused-ring (bicyclic) bond motifs is 1. The highest BCUT2D eigenvalue weighted by Crippen LogP contribution is 2.39. The molecule has 2 aromatic rings. The third-order valence-electron chi connectivity index (χ3n) is 3.79. The Bertz CT molecular complexity index is 1170. The second kappa shape index (κ2) is 10.4. The zero-order valence-corrected chi connectivity index (χ0v) is 19.3. The first kappa shape index (κ1) is 28.1. The number of esters is 1. The van der Waals surface area contributed by atoms with Gasteiger partial charge in [0.1, 0.15) is 5.82 Å². The van der Waals surface area contributed by atoms with E-state index < -0.39 is 50.7 Å². The van der Waals surface area contributed by atoms with Crippen LogP contribution in [0, 0.1) is 24.1 Å². The summed E-state index contributed by atoms with van der Waals surface area (Å²) in [5.41, 5.74) is -6.95. The number of halogens is 4. The minimum Gasteiger partial charge on any atom is -0.466 e. The highest BCUT2D eigenvalue weighted by Gasteiger charge is 2.49. The molecule has 0 bridgehead atoms. The van der Waals surface area contributed by atoms with E-state index in [0.717, 1.165) is 25.1 Å². The number of hydrogen-bond acceptors (Lipinski definition) is 7. The number of nitrogens with zero attached hydrogens (tertiary/aromatic N) is 1. The average Bonchev–Trinajstić information content (AvgIpc) is 2.66. The van der Waals surface area contributed by atoms with Crippen molar-refractivity contribution in [2.75, 3.05) is 6.61 Å². The SMILES string of the molecule is CC(C)(C)O.CCOC(=O)Cc1c(C)c(F)c2cc(C#N)ccc2c1OS(=O)(=O)C(F)(F)F. The Morgan fingerprint density at radius 1 is 1.18 bits per heavy atom. The summed E-state index contributed by atoms with van der Waals surface area (Å²) in [6.07, 6.45) is -0.713. The molecule has 0 fully saturated rings. The minimum atomic E-state index is -6.10. The van der Waals surface area contributed by atoms with E-state index in [-0.39, 0.29) is 28.5 Å². The van der Waals surface area contributed by atoms with Gasteiger partial charge in [-0.15, -0.1) is 0 Å². The fraction of sp³-hybridized carbons (Fsp3) is 0.429. The number of rotatable bonds is 5. The summed E-state index contributed by atoms with van der Waals surface area (Å²) in [5, 5.41) is 16.8. The molecule has 0 aliphatic heterocycles. The molecule has 0 saturated carbocycles. The van der Waals surface area contributed by atoms with Crippen LogP contribution in [0.4, 0.5) is 17.6 Å². The molecule has 2 aromatic carbocycles. The molecule has 0 amide bonds. The van der Waals surface area contributed by atoms with Crippen LogP contribution in [-0.4, -0.2) is 37.2 Å². The lowest BCUT2D eigenvalue weighted by Crippen LogP contribution is -2.29. The molecule has 0 aromatic heterocycles. The van der Waals surface area contributed by atoms with E-state index in [9.17, 15) is 30.8 Å². The second-order valence-electron chi connectivity index (χ2n) is 7.75. The Morgan fingerprint density at radius 3 is 2.18 bits per heavy atom. The van der Waals surface area contributed by atoms with Gasteiger partial charge in [-0.3, -0.25) is 4.79 Å². The molecule has 0 aliphatic rings. The quantitative estimate of drug-likeness (QED) is 0.286. The van der Waals surface area contributed by atoms with Gasteiger partial charge in [0.2, 0.25) is 0 Å². The van der Waals surface area contributed by atoms with Gasteiger partial charge >= 0.3 is 21.6 Å². The third-order valence-corrected chi connectivity index (χ3v) is 4.74. The highest BCUT2D eigenvalue weighted by molar-refractivity contribution is 7.88. The van der Waals surface area contributed by atoms with E-state index in [1.165, 1.54) is 6.92 Å². The van der Waals surface area contributed by atoms with Crippen molar-refractivity contribution >= 4 is 26.9 Å². The monoisotopic (exact) mass is 493 g/mol. The van der Waals surface area contributed by atoms with Crippen molar-refractivity contribution in [1.82, 2.24) is 0 Å². The van der Waals surface area contributed by atoms with Gasteiger partial charge in [0.05, 0.1) is 30.3 Å². The van der Waals surface area contributed by atoms with E-state index in [2.05, 4.69) is 4.18 Å². The van der Waals surface area contributed by atoms with Crippen molar-refractivity contribution in [3.63, 3.8) is 0 Å². The van der Waals surface area contributed by atoms with E-state index in [4.69, 9.17) is 15.1 Å². The summed E-state index contributed by atoms with van der Waals surface area (Å²) in [6.45, 7) is 7.82. The maximum Gasteiger partial charge on any atom is 0.534 e. The summed E-state index contributed by atoms with van der Waals surface area (Å²) in [7, 11) is -6.10. The van der Waals surface area contributed by atoms with Gasteiger partial charge in [-0.05, 0) is 58.4 Å². The molecular weight excluding hydrogens is 470 g/mol. The topological polar surface area (TPSA) is 114 Å². The van der Waals surface area contributed by atoms with Gasteiger partial charge in [0.25, 0.3) is 0 Å². The number of aliphatic hydroxyl groups is 1. The molecule has 182 valence electrons. The Morgan fingerprint density at radius 2 is 1.73 bits per heavy atom. The predicted octanol–water partition coefficient (Wildman–Crippen LogP) is 4.27. The lowest BCUT2D eigenvalue weighted by Gasteiger charge is -2.18. The van der Waals surface area contributed by atoms with Crippen LogP contribution in [0.25, 0.3) is 10.8 Å². The molecule has 0 aliphatic carbocycles. The Kier molecular flexibility index (Phi) is 8.82. The summed E-state index contributed by atoms with van der Waals surface area (Å²) < 4.78 is 85.3. The van der Waals surface area contributed by atoms with E-state index in [0.29, 0.717) is 0 Å². The van der Waals surface area contributed by atoms with E-state index in [1.54, 1.807) is 26.8 Å². The number of ether oxygens (including phenoxy) is 1. The molecule has 0 saturated heterocycles. The summed E-state index contributed by atoms with van der Waals surface area (Å²) in [6, 6.07) is 4.98. The van der Waals surface area contributed by atoms with Crippen LogP contribution < -0.4 is 4.18 Å². The first-order valence-electron chi connectivity index (χ1n) is 9.46. The van der Waals surface area contributed by atoms with E-state index >= 15 is 0 Å². The van der Waals surface area contributed by atoms with Gasteiger partial charge in [0.15, 0.2) is 5.75 Å². The predicted molar refractivity (Wildman–Crippen MR) is 111 cm³/mol. The van der Waals surface area contributed by atoms with Crippen LogP contribution >= 0.6 is 0 Å². The first-order valence-corrected chi connectivity index (χ1v) is 10.9. The average molecular weight is 493 g/mol. The fourth-order valence-electron chi connectivity index (χ4n) is 2.48. The maximum absolute atomic E-state index is 14.8. The zero-order valence-electron chi connectivity index (χ0n) is 18.5.